The van der Waals surface area contributed by atoms with Crippen molar-refractivity contribution in [2.75, 3.05) is 25.1 Å². The van der Waals surface area contributed by atoms with Crippen LogP contribution in [0.3, 0.4) is 0 Å². The molecule has 120 valence electrons. The highest BCUT2D eigenvalue weighted by Gasteiger charge is 2.28. The van der Waals surface area contributed by atoms with Crippen LogP contribution in [0.2, 0.25) is 0 Å². The van der Waals surface area contributed by atoms with E-state index in [4.69, 9.17) is 10.5 Å². The lowest BCUT2D eigenvalue weighted by Crippen LogP contribution is -2.35. The number of nitrogens with zero attached hydrogens (tertiary/aromatic N) is 2. The molecule has 1 saturated heterocycles. The summed E-state index contributed by atoms with van der Waals surface area (Å²) in [6, 6.07) is 2.44. The quantitative estimate of drug-likeness (QED) is 0.884. The molecule has 0 atom stereocenters. The topological polar surface area (TPSA) is 73.1 Å². The van der Waals surface area contributed by atoms with Crippen molar-refractivity contribution >= 4 is 30.6 Å². The number of nitrogens with two attached hydrogens (primary N) is 1. The van der Waals surface area contributed by atoms with E-state index in [-0.39, 0.29) is 24.8 Å². The lowest BCUT2D eigenvalue weighted by Gasteiger charge is -2.31. The molecule has 3 N–H and O–H groups in total. The summed E-state index contributed by atoms with van der Waals surface area (Å²) in [5.41, 5.74) is 6.96. The number of anilines is 1. The minimum Gasteiger partial charge on any atom is -0.381 e. The van der Waals surface area contributed by atoms with Crippen LogP contribution in [0.1, 0.15) is 37.3 Å². The maximum Gasteiger partial charge on any atom is 0.129 e. The molecule has 2 aliphatic rings. The highest BCUT2D eigenvalue weighted by atomic mass is 35.5. The van der Waals surface area contributed by atoms with Gasteiger partial charge in [0, 0.05) is 43.5 Å². The van der Waals surface area contributed by atoms with E-state index in [9.17, 15) is 0 Å². The van der Waals surface area contributed by atoms with Crippen LogP contribution in [0.25, 0.3) is 0 Å². The zero-order chi connectivity index (χ0) is 13.1. The number of nitrogens with one attached hydrogen (secondary N) is 1. The van der Waals surface area contributed by atoms with Crippen molar-refractivity contribution in [2.24, 2.45) is 11.7 Å². The van der Waals surface area contributed by atoms with Crippen molar-refractivity contribution in [3.8, 4) is 0 Å². The summed E-state index contributed by atoms with van der Waals surface area (Å²) in [6.45, 7) is 2.76. The van der Waals surface area contributed by atoms with Gasteiger partial charge in [-0.1, -0.05) is 0 Å². The van der Waals surface area contributed by atoms with Crippen LogP contribution in [-0.4, -0.2) is 35.8 Å². The van der Waals surface area contributed by atoms with E-state index in [1.807, 2.05) is 0 Å². The zero-order valence-corrected chi connectivity index (χ0v) is 13.7. The molecule has 2 heterocycles. The van der Waals surface area contributed by atoms with E-state index < -0.39 is 0 Å². The molecule has 1 saturated carbocycles. The molecule has 1 aliphatic carbocycles. The smallest absolute Gasteiger partial charge is 0.129 e. The third kappa shape index (κ3) is 4.95. The number of halogens is 2. The van der Waals surface area contributed by atoms with Gasteiger partial charge in [0.2, 0.25) is 0 Å². The Bertz CT molecular complexity index is 423. The predicted molar refractivity (Wildman–Crippen MR) is 88.5 cm³/mol. The molecule has 1 aromatic heterocycles. The highest BCUT2D eigenvalue weighted by molar-refractivity contribution is 5.85. The molecule has 1 aromatic rings. The van der Waals surface area contributed by atoms with Gasteiger partial charge < -0.3 is 15.8 Å². The molecule has 0 amide bonds. The first kappa shape index (κ1) is 18.4. The first-order valence-electron chi connectivity index (χ1n) is 7.20. The van der Waals surface area contributed by atoms with Crippen molar-refractivity contribution in [2.45, 2.75) is 37.6 Å². The van der Waals surface area contributed by atoms with Crippen molar-refractivity contribution < 1.29 is 4.74 Å². The molecule has 0 bridgehead atoms. The Morgan fingerprint density at radius 2 is 1.90 bits per heavy atom. The summed E-state index contributed by atoms with van der Waals surface area (Å²) in [5, 5.41) is 3.43. The molecular weight excluding hydrogens is 311 g/mol. The van der Waals surface area contributed by atoms with Gasteiger partial charge in [-0.2, -0.15) is 0 Å². The highest BCUT2D eigenvalue weighted by Crippen LogP contribution is 2.34. The van der Waals surface area contributed by atoms with Crippen LogP contribution >= 0.6 is 24.8 Å². The summed E-state index contributed by atoms with van der Waals surface area (Å²) in [7, 11) is 0. The van der Waals surface area contributed by atoms with Crippen LogP contribution in [0.4, 0.5) is 5.82 Å². The van der Waals surface area contributed by atoms with Crippen LogP contribution < -0.4 is 11.1 Å². The fraction of sp³-hybridized carbons (Fsp3) is 0.714. The normalized spacial score (nSPS) is 25.2. The Morgan fingerprint density at radius 1 is 1.19 bits per heavy atom. The molecule has 0 radical (unpaired) electrons. The van der Waals surface area contributed by atoms with Crippen molar-refractivity contribution in [3.63, 3.8) is 0 Å². The first-order valence-corrected chi connectivity index (χ1v) is 7.20. The van der Waals surface area contributed by atoms with E-state index >= 15 is 0 Å². The number of rotatable bonds is 4. The number of hydrogen-bond donors (Lipinski definition) is 2. The largest absolute Gasteiger partial charge is 0.381 e. The van der Waals surface area contributed by atoms with Crippen molar-refractivity contribution in [1.82, 2.24) is 9.97 Å². The van der Waals surface area contributed by atoms with Gasteiger partial charge in [-0.15, -0.1) is 24.8 Å². The molecule has 5 nitrogen and oxygen atoms in total. The monoisotopic (exact) mass is 334 g/mol. The summed E-state index contributed by atoms with van der Waals surface area (Å²) < 4.78 is 5.37. The van der Waals surface area contributed by atoms with Crippen LogP contribution in [-0.2, 0) is 4.74 Å². The Hall–Kier alpha value is -0.620. The third-order valence-corrected chi connectivity index (χ3v) is 4.19. The predicted octanol–water partition coefficient (Wildman–Crippen LogP) is 2.36. The SMILES string of the molecule is Cl.Cl.NC1CC(c2cc(NCC3CCOCC3)ncn2)C1. The van der Waals surface area contributed by atoms with Crippen molar-refractivity contribution in [1.29, 1.82) is 0 Å². The molecule has 0 spiro atoms. The van der Waals surface area contributed by atoms with E-state index in [1.54, 1.807) is 6.33 Å². The van der Waals surface area contributed by atoms with Crippen molar-refractivity contribution in [3.05, 3.63) is 18.1 Å². The molecule has 0 aromatic carbocycles. The Kier molecular flexibility index (Phi) is 7.66. The average molecular weight is 335 g/mol. The van der Waals surface area contributed by atoms with E-state index in [0.717, 1.165) is 57.0 Å². The maximum absolute atomic E-state index is 5.83. The molecule has 21 heavy (non-hydrogen) atoms. The van der Waals surface area contributed by atoms with E-state index in [1.165, 1.54) is 0 Å². The molecular formula is C14H24Cl2N4O. The summed E-state index contributed by atoms with van der Waals surface area (Å²) in [6.07, 6.45) is 6.04. The number of aromatic nitrogens is 2. The molecule has 3 rings (SSSR count). The summed E-state index contributed by atoms with van der Waals surface area (Å²) in [5.74, 6) is 2.17. The van der Waals surface area contributed by atoms with Gasteiger partial charge in [-0.3, -0.25) is 0 Å². The maximum atomic E-state index is 5.83. The van der Waals surface area contributed by atoms with Gasteiger partial charge >= 0.3 is 0 Å². The van der Waals surface area contributed by atoms with Gasteiger partial charge in [-0.25, -0.2) is 9.97 Å². The minimum absolute atomic E-state index is 0. The third-order valence-electron chi connectivity index (χ3n) is 4.19. The summed E-state index contributed by atoms with van der Waals surface area (Å²) in [4.78, 5) is 8.66. The number of ether oxygens (including phenoxy) is 1. The van der Waals surface area contributed by atoms with Crippen LogP contribution in [0.15, 0.2) is 12.4 Å². The average Bonchev–Trinajstić information content (AvgIpc) is 2.43. The molecule has 0 unspecified atom stereocenters. The summed E-state index contributed by atoms with van der Waals surface area (Å²) >= 11 is 0. The minimum atomic E-state index is 0. The van der Waals surface area contributed by atoms with Gasteiger partial charge in [0.15, 0.2) is 0 Å². The van der Waals surface area contributed by atoms with E-state index in [0.29, 0.717) is 17.9 Å². The second-order valence-electron chi connectivity index (χ2n) is 5.69. The molecule has 7 heteroatoms. The second kappa shape index (κ2) is 8.73. The first-order chi connectivity index (χ1) is 9.31. The van der Waals surface area contributed by atoms with Gasteiger partial charge in [0.05, 0.1) is 0 Å². The molecule has 2 fully saturated rings. The fourth-order valence-corrected chi connectivity index (χ4v) is 2.80. The van der Waals surface area contributed by atoms with E-state index in [2.05, 4.69) is 21.4 Å². The lowest BCUT2D eigenvalue weighted by atomic mass is 9.78. The Balaban J connectivity index is 0.00000110. The standard InChI is InChI=1S/C14H22N4O.2ClH/c15-12-5-11(6-12)13-7-14(18-9-17-13)16-8-10-1-3-19-4-2-10;;/h7,9-12H,1-6,8,15H2,(H,16,17,18);2*1H. The van der Waals surface area contributed by atoms with Gasteiger partial charge in [-0.05, 0) is 31.6 Å². The van der Waals surface area contributed by atoms with Gasteiger partial charge in [0.1, 0.15) is 12.1 Å². The second-order valence-corrected chi connectivity index (χ2v) is 5.69. The van der Waals surface area contributed by atoms with Crippen LogP contribution in [0.5, 0.6) is 0 Å². The fourth-order valence-electron chi connectivity index (χ4n) is 2.80. The molecule has 1 aliphatic heterocycles. The Morgan fingerprint density at radius 3 is 2.57 bits per heavy atom. The zero-order valence-electron chi connectivity index (χ0n) is 12.0. The lowest BCUT2D eigenvalue weighted by molar-refractivity contribution is 0.0699. The number of hydrogen-bond acceptors (Lipinski definition) is 5. The Labute approximate surface area is 138 Å². The van der Waals surface area contributed by atoms with Crippen LogP contribution in [0, 0.1) is 5.92 Å². The van der Waals surface area contributed by atoms with Gasteiger partial charge in [0.25, 0.3) is 0 Å².